The second kappa shape index (κ2) is 8.86. The minimum atomic E-state index is -0.257. The molecule has 0 bridgehead atoms. The van der Waals surface area contributed by atoms with Crippen molar-refractivity contribution < 1.29 is 9.18 Å². The molecule has 2 aromatic carbocycles. The van der Waals surface area contributed by atoms with Crippen LogP contribution in [0.25, 0.3) is 5.69 Å². The number of rotatable bonds is 7. The van der Waals surface area contributed by atoms with E-state index in [0.29, 0.717) is 13.0 Å². The van der Waals surface area contributed by atoms with Gasteiger partial charge in [-0.1, -0.05) is 36.0 Å². The first kappa shape index (κ1) is 19.2. The van der Waals surface area contributed by atoms with Gasteiger partial charge < -0.3 is 5.32 Å². The summed E-state index contributed by atoms with van der Waals surface area (Å²) in [6.07, 6.45) is 4.25. The van der Waals surface area contributed by atoms with Gasteiger partial charge in [-0.2, -0.15) is 0 Å². The molecule has 0 unspecified atom stereocenters. The van der Waals surface area contributed by atoms with Gasteiger partial charge in [-0.3, -0.25) is 9.36 Å². The first-order chi connectivity index (χ1) is 13.0. The number of aromatic nitrogens is 2. The minimum Gasteiger partial charge on any atom is -0.355 e. The Hall–Kier alpha value is -2.60. The molecular weight excluding hydrogens is 361 g/mol. The highest BCUT2D eigenvalue weighted by atomic mass is 32.2. The van der Waals surface area contributed by atoms with E-state index in [1.54, 1.807) is 12.3 Å². The smallest absolute Gasteiger partial charge is 0.230 e. The molecule has 27 heavy (non-hydrogen) atoms. The molecular formula is C21H22FN3OS. The molecule has 3 aromatic rings. The molecule has 140 valence electrons. The standard InChI is InChI=1S/C21H22FN3OS/c1-15-6-7-16(2)19(12-15)25-11-10-24-21(25)27-14-20(26)23-9-8-17-4-3-5-18(22)13-17/h3-7,10-13H,8-9,14H2,1-2H3,(H,23,26). The fourth-order valence-corrected chi connectivity index (χ4v) is 3.57. The van der Waals surface area contributed by atoms with Crippen molar-refractivity contribution in [3.63, 3.8) is 0 Å². The van der Waals surface area contributed by atoms with Crippen LogP contribution in [0.1, 0.15) is 16.7 Å². The maximum Gasteiger partial charge on any atom is 0.230 e. The molecule has 0 spiro atoms. The molecule has 1 aromatic heterocycles. The van der Waals surface area contributed by atoms with E-state index >= 15 is 0 Å². The summed E-state index contributed by atoms with van der Waals surface area (Å²) in [5.74, 6) is -0.0371. The topological polar surface area (TPSA) is 46.9 Å². The van der Waals surface area contributed by atoms with Gasteiger partial charge in [0.2, 0.25) is 5.91 Å². The van der Waals surface area contributed by atoms with Crippen molar-refractivity contribution in [1.29, 1.82) is 0 Å². The van der Waals surface area contributed by atoms with E-state index in [1.807, 2.05) is 16.8 Å². The third kappa shape index (κ3) is 5.20. The van der Waals surface area contributed by atoms with Crippen LogP contribution in [0.4, 0.5) is 4.39 Å². The van der Waals surface area contributed by atoms with Crippen LogP contribution in [-0.4, -0.2) is 27.8 Å². The number of thioether (sulfide) groups is 1. The van der Waals surface area contributed by atoms with Crippen LogP contribution in [0, 0.1) is 19.7 Å². The Morgan fingerprint density at radius 2 is 2.07 bits per heavy atom. The monoisotopic (exact) mass is 383 g/mol. The van der Waals surface area contributed by atoms with Crippen molar-refractivity contribution in [2.24, 2.45) is 0 Å². The maximum atomic E-state index is 13.2. The number of halogens is 1. The van der Waals surface area contributed by atoms with Crippen LogP contribution in [0.2, 0.25) is 0 Å². The molecule has 0 fully saturated rings. The van der Waals surface area contributed by atoms with E-state index in [1.165, 1.54) is 29.5 Å². The number of carbonyl (C=O) groups is 1. The van der Waals surface area contributed by atoms with Crippen molar-refractivity contribution in [1.82, 2.24) is 14.9 Å². The Labute approximate surface area is 162 Å². The summed E-state index contributed by atoms with van der Waals surface area (Å²) in [5, 5.41) is 3.65. The van der Waals surface area contributed by atoms with Crippen LogP contribution in [0.3, 0.4) is 0 Å². The third-order valence-corrected chi connectivity index (χ3v) is 5.16. The number of nitrogens with one attached hydrogen (secondary N) is 1. The van der Waals surface area contributed by atoms with Crippen molar-refractivity contribution in [3.8, 4) is 5.69 Å². The quantitative estimate of drug-likeness (QED) is 0.626. The van der Waals surface area contributed by atoms with Gasteiger partial charge in [0.05, 0.1) is 11.4 Å². The van der Waals surface area contributed by atoms with Gasteiger partial charge in [-0.05, 0) is 55.2 Å². The fraction of sp³-hybridized carbons (Fsp3) is 0.238. The number of amides is 1. The Balaban J connectivity index is 1.54. The van der Waals surface area contributed by atoms with Crippen LogP contribution >= 0.6 is 11.8 Å². The minimum absolute atomic E-state index is 0.0630. The van der Waals surface area contributed by atoms with Gasteiger partial charge in [0.25, 0.3) is 0 Å². The van der Waals surface area contributed by atoms with E-state index in [0.717, 1.165) is 22.0 Å². The summed E-state index contributed by atoms with van der Waals surface area (Å²) in [5.41, 5.74) is 4.27. The van der Waals surface area contributed by atoms with Crippen molar-refractivity contribution >= 4 is 17.7 Å². The number of aryl methyl sites for hydroxylation is 2. The SMILES string of the molecule is Cc1ccc(C)c(-n2ccnc2SCC(=O)NCCc2cccc(F)c2)c1. The Morgan fingerprint density at radius 1 is 1.22 bits per heavy atom. The Morgan fingerprint density at radius 3 is 2.89 bits per heavy atom. The number of carbonyl (C=O) groups excluding carboxylic acids is 1. The normalized spacial score (nSPS) is 10.8. The van der Waals surface area contributed by atoms with Crippen LogP contribution < -0.4 is 5.32 Å². The summed E-state index contributed by atoms with van der Waals surface area (Å²) < 4.78 is 15.2. The number of benzene rings is 2. The average Bonchev–Trinajstić information content (AvgIpc) is 3.10. The molecule has 0 aliphatic heterocycles. The van der Waals surface area contributed by atoms with E-state index in [2.05, 4.69) is 42.3 Å². The lowest BCUT2D eigenvalue weighted by Gasteiger charge is -2.11. The lowest BCUT2D eigenvalue weighted by molar-refractivity contribution is -0.118. The van der Waals surface area contributed by atoms with Crippen LogP contribution in [0.15, 0.2) is 60.0 Å². The molecule has 0 aliphatic carbocycles. The Kier molecular flexibility index (Phi) is 6.29. The Bertz CT molecular complexity index is 939. The molecule has 0 atom stereocenters. The van der Waals surface area contributed by atoms with E-state index in [9.17, 15) is 9.18 Å². The zero-order valence-electron chi connectivity index (χ0n) is 15.4. The molecule has 0 radical (unpaired) electrons. The first-order valence-corrected chi connectivity index (χ1v) is 9.76. The third-order valence-electron chi connectivity index (χ3n) is 4.19. The lowest BCUT2D eigenvalue weighted by atomic mass is 10.1. The summed E-state index contributed by atoms with van der Waals surface area (Å²) in [6.45, 7) is 4.59. The molecule has 6 heteroatoms. The van der Waals surface area contributed by atoms with Gasteiger partial charge in [0.15, 0.2) is 5.16 Å². The fourth-order valence-electron chi connectivity index (χ4n) is 2.78. The molecule has 0 saturated carbocycles. The van der Waals surface area contributed by atoms with E-state index in [-0.39, 0.29) is 17.5 Å². The van der Waals surface area contributed by atoms with Gasteiger partial charge in [0, 0.05) is 18.9 Å². The first-order valence-electron chi connectivity index (χ1n) is 8.78. The highest BCUT2D eigenvalue weighted by Gasteiger charge is 2.11. The lowest BCUT2D eigenvalue weighted by Crippen LogP contribution is -2.27. The van der Waals surface area contributed by atoms with E-state index in [4.69, 9.17) is 0 Å². The molecule has 0 aliphatic rings. The number of hydrogen-bond acceptors (Lipinski definition) is 3. The molecule has 1 amide bonds. The van der Waals surface area contributed by atoms with Crippen molar-refractivity contribution in [2.75, 3.05) is 12.3 Å². The van der Waals surface area contributed by atoms with Gasteiger partial charge in [-0.25, -0.2) is 9.37 Å². The zero-order valence-corrected chi connectivity index (χ0v) is 16.2. The highest BCUT2D eigenvalue weighted by molar-refractivity contribution is 7.99. The largest absolute Gasteiger partial charge is 0.355 e. The second-order valence-electron chi connectivity index (χ2n) is 6.39. The van der Waals surface area contributed by atoms with Gasteiger partial charge >= 0.3 is 0 Å². The molecule has 3 rings (SSSR count). The van der Waals surface area contributed by atoms with Gasteiger partial charge in [-0.15, -0.1) is 0 Å². The molecule has 1 heterocycles. The van der Waals surface area contributed by atoms with Crippen molar-refractivity contribution in [2.45, 2.75) is 25.4 Å². The molecule has 4 nitrogen and oxygen atoms in total. The van der Waals surface area contributed by atoms with Crippen LogP contribution in [-0.2, 0) is 11.2 Å². The number of imidazole rings is 1. The summed E-state index contributed by atoms with van der Waals surface area (Å²) >= 11 is 1.40. The predicted molar refractivity (Wildman–Crippen MR) is 107 cm³/mol. The zero-order chi connectivity index (χ0) is 19.2. The highest BCUT2D eigenvalue weighted by Crippen LogP contribution is 2.23. The maximum absolute atomic E-state index is 13.2. The average molecular weight is 383 g/mol. The van der Waals surface area contributed by atoms with Crippen LogP contribution in [0.5, 0.6) is 0 Å². The van der Waals surface area contributed by atoms with Gasteiger partial charge in [0.1, 0.15) is 5.82 Å². The number of hydrogen-bond donors (Lipinski definition) is 1. The summed E-state index contributed by atoms with van der Waals surface area (Å²) in [7, 11) is 0. The summed E-state index contributed by atoms with van der Waals surface area (Å²) in [4.78, 5) is 16.5. The summed E-state index contributed by atoms with van der Waals surface area (Å²) in [6, 6.07) is 12.7. The van der Waals surface area contributed by atoms with Crippen molar-refractivity contribution in [3.05, 3.63) is 77.4 Å². The molecule has 1 N–H and O–H groups in total. The number of nitrogens with zero attached hydrogens (tertiary/aromatic N) is 2. The second-order valence-corrected chi connectivity index (χ2v) is 7.33. The molecule has 0 saturated heterocycles. The predicted octanol–water partition coefficient (Wildman–Crippen LogP) is 4.08. The van der Waals surface area contributed by atoms with E-state index < -0.39 is 0 Å².